The molecule has 1 unspecified atom stereocenters. The highest BCUT2D eigenvalue weighted by molar-refractivity contribution is 8.00. The minimum Gasteiger partial charge on any atom is -0.477 e. The number of nitrogens with one attached hydrogen (secondary N) is 1. The zero-order chi connectivity index (χ0) is 17.5. The van der Waals surface area contributed by atoms with Crippen LogP contribution in [0.5, 0.6) is 0 Å². The molecule has 128 valence electrons. The molecule has 24 heavy (non-hydrogen) atoms. The number of methoxy groups -OCH3 is 1. The molecule has 0 spiro atoms. The van der Waals surface area contributed by atoms with Crippen LogP contribution in [-0.2, 0) is 25.5 Å². The maximum absolute atomic E-state index is 12.6. The number of ether oxygens (including phenoxy) is 1. The second-order valence-corrected chi connectivity index (χ2v) is 7.70. The molecule has 2 atom stereocenters. The Balaban J connectivity index is 1.81. The topological polar surface area (TPSA) is 95.9 Å². The number of carbonyl (C=O) groups is 3. The number of carboxylic acids is 1. The Labute approximate surface area is 150 Å². The van der Waals surface area contributed by atoms with Crippen LogP contribution in [0, 0.1) is 0 Å². The SMILES string of the molecule is COC1(NC(=O)Cc2cccs2)C(=O)N2C(C(=O)O)=C(Cl)CS[C@H]21. The van der Waals surface area contributed by atoms with Crippen LogP contribution >= 0.6 is 34.7 Å². The summed E-state index contributed by atoms with van der Waals surface area (Å²) in [5, 5.41) is 13.2. The lowest BCUT2D eigenvalue weighted by Gasteiger charge is -2.55. The van der Waals surface area contributed by atoms with Gasteiger partial charge in [0.2, 0.25) is 5.91 Å². The van der Waals surface area contributed by atoms with Gasteiger partial charge in [-0.1, -0.05) is 17.7 Å². The lowest BCUT2D eigenvalue weighted by Crippen LogP contribution is -2.80. The molecule has 1 saturated heterocycles. The van der Waals surface area contributed by atoms with Crippen LogP contribution in [0.4, 0.5) is 0 Å². The van der Waals surface area contributed by atoms with Crippen molar-refractivity contribution in [1.82, 2.24) is 10.2 Å². The van der Waals surface area contributed by atoms with Crippen LogP contribution in [0.2, 0.25) is 0 Å². The molecule has 0 radical (unpaired) electrons. The van der Waals surface area contributed by atoms with Crippen molar-refractivity contribution < 1.29 is 24.2 Å². The van der Waals surface area contributed by atoms with Gasteiger partial charge in [0.1, 0.15) is 11.1 Å². The smallest absolute Gasteiger partial charge is 0.353 e. The fourth-order valence-corrected chi connectivity index (χ4v) is 5.01. The van der Waals surface area contributed by atoms with Crippen LogP contribution in [0.3, 0.4) is 0 Å². The molecule has 0 aromatic carbocycles. The van der Waals surface area contributed by atoms with E-state index < -0.39 is 23.0 Å². The Hall–Kier alpha value is -1.55. The van der Waals surface area contributed by atoms with Gasteiger partial charge >= 0.3 is 5.97 Å². The molecule has 1 aromatic rings. The molecule has 2 aliphatic rings. The van der Waals surface area contributed by atoms with Crippen LogP contribution in [0.15, 0.2) is 28.2 Å². The quantitative estimate of drug-likeness (QED) is 0.581. The molecule has 1 aromatic heterocycles. The Morgan fingerprint density at radius 3 is 2.92 bits per heavy atom. The van der Waals surface area contributed by atoms with Crippen LogP contribution in [-0.4, -0.2) is 51.8 Å². The van der Waals surface area contributed by atoms with Gasteiger partial charge in [-0.25, -0.2) is 4.79 Å². The summed E-state index contributed by atoms with van der Waals surface area (Å²) < 4.78 is 5.31. The number of aliphatic carboxylic acids is 1. The van der Waals surface area contributed by atoms with E-state index in [9.17, 15) is 19.5 Å². The number of fused-ring (bicyclic) bond motifs is 1. The molecule has 10 heteroatoms. The van der Waals surface area contributed by atoms with Gasteiger partial charge in [-0.2, -0.15) is 0 Å². The fraction of sp³-hybridized carbons (Fsp3) is 0.357. The highest BCUT2D eigenvalue weighted by Gasteiger charge is 2.66. The molecular formula is C14H13ClN2O5S2. The summed E-state index contributed by atoms with van der Waals surface area (Å²) in [6.45, 7) is 0. The van der Waals surface area contributed by atoms with Gasteiger partial charge in [-0.3, -0.25) is 14.5 Å². The van der Waals surface area contributed by atoms with E-state index >= 15 is 0 Å². The highest BCUT2D eigenvalue weighted by atomic mass is 35.5. The Morgan fingerprint density at radius 1 is 1.58 bits per heavy atom. The van der Waals surface area contributed by atoms with E-state index in [1.165, 1.54) is 30.2 Å². The first kappa shape index (κ1) is 17.3. The second kappa shape index (κ2) is 6.40. The summed E-state index contributed by atoms with van der Waals surface area (Å²) in [7, 11) is 1.31. The number of hydrogen-bond donors (Lipinski definition) is 2. The maximum atomic E-state index is 12.6. The number of thiophene rings is 1. The molecular weight excluding hydrogens is 376 g/mol. The lowest BCUT2D eigenvalue weighted by atomic mass is 9.99. The van der Waals surface area contributed by atoms with Crippen LogP contribution in [0.25, 0.3) is 0 Å². The van der Waals surface area contributed by atoms with Crippen molar-refractivity contribution in [3.05, 3.63) is 33.1 Å². The number of carboxylic acid groups (broad SMARTS) is 1. The van der Waals surface area contributed by atoms with Crippen molar-refractivity contribution >= 4 is 52.5 Å². The van der Waals surface area contributed by atoms with E-state index in [1.807, 2.05) is 17.5 Å². The van der Waals surface area contributed by atoms with Crippen molar-refractivity contribution in [3.63, 3.8) is 0 Å². The van der Waals surface area contributed by atoms with Gasteiger partial charge in [0.25, 0.3) is 11.6 Å². The van der Waals surface area contributed by atoms with Gasteiger partial charge in [0.05, 0.1) is 11.5 Å². The molecule has 2 aliphatic heterocycles. The van der Waals surface area contributed by atoms with E-state index in [-0.39, 0.29) is 28.8 Å². The summed E-state index contributed by atoms with van der Waals surface area (Å²) in [6, 6.07) is 3.65. The van der Waals surface area contributed by atoms with Crippen molar-refractivity contribution in [3.8, 4) is 0 Å². The Morgan fingerprint density at radius 2 is 2.33 bits per heavy atom. The van der Waals surface area contributed by atoms with Gasteiger partial charge in [0, 0.05) is 17.7 Å². The number of halogens is 1. The average Bonchev–Trinajstić information content (AvgIpc) is 3.04. The number of β-lactam (4-membered cyclic amide) rings is 1. The lowest BCUT2D eigenvalue weighted by molar-refractivity contribution is -0.192. The zero-order valence-corrected chi connectivity index (χ0v) is 14.8. The van der Waals surface area contributed by atoms with Gasteiger partial charge in [-0.15, -0.1) is 23.1 Å². The summed E-state index contributed by atoms with van der Waals surface area (Å²) in [6.07, 6.45) is 0.121. The van der Waals surface area contributed by atoms with E-state index in [1.54, 1.807) is 0 Å². The first-order valence-corrected chi connectivity index (χ1v) is 9.17. The minimum absolute atomic E-state index is 0.0896. The molecule has 1 fully saturated rings. The molecule has 0 aliphatic carbocycles. The number of hydrogen-bond acceptors (Lipinski definition) is 6. The van der Waals surface area contributed by atoms with E-state index in [0.717, 1.165) is 9.78 Å². The predicted molar refractivity (Wildman–Crippen MR) is 89.5 cm³/mol. The van der Waals surface area contributed by atoms with E-state index in [0.29, 0.717) is 0 Å². The molecule has 2 amide bonds. The molecule has 0 saturated carbocycles. The van der Waals surface area contributed by atoms with E-state index in [2.05, 4.69) is 5.32 Å². The third-order valence-electron chi connectivity index (χ3n) is 3.75. The van der Waals surface area contributed by atoms with Crippen LogP contribution in [0.1, 0.15) is 4.88 Å². The Bertz CT molecular complexity index is 736. The number of carbonyl (C=O) groups excluding carboxylic acids is 2. The number of nitrogens with zero attached hydrogens (tertiary/aromatic N) is 1. The number of amides is 2. The standard InChI is InChI=1S/C14H13ClN2O5S2/c1-22-14(16-9(18)5-7-3-2-4-23-7)12(21)17-10(11(19)20)8(15)6-24-13(14)17/h2-4,13H,5-6H2,1H3,(H,16,18)(H,19,20)/t13-,14?/m0/s1. The number of rotatable bonds is 5. The van der Waals surface area contributed by atoms with Gasteiger partial charge in [-0.05, 0) is 11.4 Å². The molecule has 3 heterocycles. The van der Waals surface area contributed by atoms with Crippen molar-refractivity contribution in [1.29, 1.82) is 0 Å². The largest absolute Gasteiger partial charge is 0.477 e. The summed E-state index contributed by atoms with van der Waals surface area (Å²) in [4.78, 5) is 38.1. The third kappa shape index (κ3) is 2.61. The average molecular weight is 389 g/mol. The van der Waals surface area contributed by atoms with Gasteiger partial charge in [0.15, 0.2) is 0 Å². The van der Waals surface area contributed by atoms with Crippen LogP contribution < -0.4 is 5.32 Å². The normalized spacial score (nSPS) is 26.0. The first-order valence-electron chi connectivity index (χ1n) is 6.86. The van der Waals surface area contributed by atoms with Crippen molar-refractivity contribution in [2.24, 2.45) is 0 Å². The van der Waals surface area contributed by atoms with Crippen molar-refractivity contribution in [2.75, 3.05) is 12.9 Å². The third-order valence-corrected chi connectivity index (χ3v) is 6.41. The molecule has 3 rings (SSSR count). The maximum Gasteiger partial charge on any atom is 0.353 e. The zero-order valence-electron chi connectivity index (χ0n) is 12.4. The molecule has 0 bridgehead atoms. The number of thioether (sulfide) groups is 1. The van der Waals surface area contributed by atoms with Gasteiger partial charge < -0.3 is 15.2 Å². The molecule has 2 N–H and O–H groups in total. The second-order valence-electron chi connectivity index (χ2n) is 5.14. The van der Waals surface area contributed by atoms with E-state index in [4.69, 9.17) is 16.3 Å². The summed E-state index contributed by atoms with van der Waals surface area (Å²) in [5.74, 6) is -2.07. The fourth-order valence-electron chi connectivity index (χ4n) is 2.66. The monoisotopic (exact) mass is 388 g/mol. The van der Waals surface area contributed by atoms with Crippen molar-refractivity contribution in [2.45, 2.75) is 17.5 Å². The Kier molecular flexibility index (Phi) is 4.60. The minimum atomic E-state index is -1.57. The summed E-state index contributed by atoms with van der Waals surface area (Å²) in [5.41, 5.74) is -1.83. The predicted octanol–water partition coefficient (Wildman–Crippen LogP) is 1.20. The summed E-state index contributed by atoms with van der Waals surface area (Å²) >= 11 is 8.61. The molecule has 7 nitrogen and oxygen atoms in total. The first-order chi connectivity index (χ1) is 11.4. The highest BCUT2D eigenvalue weighted by Crippen LogP contribution is 2.47.